The predicted molar refractivity (Wildman–Crippen MR) is 152 cm³/mol. The number of benzene rings is 3. The molecular weight excluding hydrogens is 460 g/mol. The van der Waals surface area contributed by atoms with Gasteiger partial charge >= 0.3 is 5.97 Å². The molecule has 1 amide bonds. The predicted octanol–water partition coefficient (Wildman–Crippen LogP) is 6.92. The van der Waals surface area contributed by atoms with E-state index in [0.29, 0.717) is 11.5 Å². The number of nitrogens with one attached hydrogen (secondary N) is 2. The van der Waals surface area contributed by atoms with Crippen molar-refractivity contribution in [3.63, 3.8) is 0 Å². The van der Waals surface area contributed by atoms with Crippen LogP contribution in [0.1, 0.15) is 68.9 Å². The van der Waals surface area contributed by atoms with Crippen LogP contribution in [0.15, 0.2) is 72.8 Å². The lowest BCUT2D eigenvalue weighted by atomic mass is 9.86. The number of aliphatic carboxylic acids is 1. The van der Waals surface area contributed by atoms with Gasteiger partial charge < -0.3 is 15.7 Å². The first kappa shape index (κ1) is 28.0. The van der Waals surface area contributed by atoms with Crippen LogP contribution in [-0.2, 0) is 16.6 Å². The number of rotatable bonds is 11. The molecule has 1 atom stereocenters. The standard InChI is InChI=1S/C32H40N2O3/c1-22(2)20-29(34-28-16-12-26(13-17-28)31(37)33-19-18-30(35)36)21-23-6-8-24(9-7-23)25-10-14-27(15-11-25)32(3,4)5/h6-17,22,29,34H,18-21H2,1-5H3,(H,33,37)(H,35,36). The van der Waals surface area contributed by atoms with Crippen molar-refractivity contribution in [3.05, 3.63) is 89.5 Å². The Hall–Kier alpha value is -3.60. The van der Waals surface area contributed by atoms with Crippen LogP contribution >= 0.6 is 0 Å². The average Bonchev–Trinajstić information content (AvgIpc) is 2.84. The maximum absolute atomic E-state index is 12.2. The van der Waals surface area contributed by atoms with Crippen LogP contribution < -0.4 is 10.6 Å². The van der Waals surface area contributed by atoms with Crippen LogP contribution in [0.25, 0.3) is 11.1 Å². The largest absolute Gasteiger partial charge is 0.481 e. The molecule has 0 radical (unpaired) electrons. The van der Waals surface area contributed by atoms with Gasteiger partial charge in [0.2, 0.25) is 0 Å². The van der Waals surface area contributed by atoms with E-state index in [-0.39, 0.29) is 30.3 Å². The van der Waals surface area contributed by atoms with Crippen molar-refractivity contribution in [2.24, 2.45) is 5.92 Å². The average molecular weight is 501 g/mol. The fourth-order valence-electron chi connectivity index (χ4n) is 4.38. The second-order valence-electron chi connectivity index (χ2n) is 11.2. The summed E-state index contributed by atoms with van der Waals surface area (Å²) in [5.74, 6) is -0.655. The number of hydrogen-bond donors (Lipinski definition) is 3. The van der Waals surface area contributed by atoms with Crippen LogP contribution in [0.5, 0.6) is 0 Å². The molecule has 3 aromatic rings. The number of anilines is 1. The normalized spacial score (nSPS) is 12.3. The summed E-state index contributed by atoms with van der Waals surface area (Å²) < 4.78 is 0. The lowest BCUT2D eigenvalue weighted by Gasteiger charge is -2.22. The van der Waals surface area contributed by atoms with E-state index < -0.39 is 5.97 Å². The van der Waals surface area contributed by atoms with Crippen molar-refractivity contribution in [1.82, 2.24) is 5.32 Å². The number of carboxylic acid groups (broad SMARTS) is 1. The molecule has 0 fully saturated rings. The molecule has 37 heavy (non-hydrogen) atoms. The molecule has 1 unspecified atom stereocenters. The third-order valence-electron chi connectivity index (χ3n) is 6.42. The van der Waals surface area contributed by atoms with E-state index in [1.165, 1.54) is 22.3 Å². The monoisotopic (exact) mass is 500 g/mol. The Morgan fingerprint density at radius 2 is 1.41 bits per heavy atom. The minimum atomic E-state index is -0.930. The third-order valence-corrected chi connectivity index (χ3v) is 6.42. The summed E-state index contributed by atoms with van der Waals surface area (Å²) in [5.41, 5.74) is 6.68. The molecule has 3 aromatic carbocycles. The SMILES string of the molecule is CC(C)CC(Cc1ccc(-c2ccc(C(C)(C)C)cc2)cc1)Nc1ccc(C(=O)NCCC(=O)O)cc1. The molecule has 5 nitrogen and oxygen atoms in total. The summed E-state index contributed by atoms with van der Waals surface area (Å²) in [6, 6.07) is 25.3. The van der Waals surface area contributed by atoms with E-state index in [2.05, 4.69) is 93.8 Å². The van der Waals surface area contributed by atoms with Gasteiger partial charge in [-0.3, -0.25) is 9.59 Å². The van der Waals surface area contributed by atoms with Crippen molar-refractivity contribution in [2.75, 3.05) is 11.9 Å². The van der Waals surface area contributed by atoms with Gasteiger partial charge in [0.05, 0.1) is 6.42 Å². The molecule has 3 rings (SSSR count). The second-order valence-corrected chi connectivity index (χ2v) is 11.2. The molecule has 0 spiro atoms. The third kappa shape index (κ3) is 8.78. The molecular formula is C32H40N2O3. The van der Waals surface area contributed by atoms with E-state index in [1.54, 1.807) is 12.1 Å². The van der Waals surface area contributed by atoms with Crippen LogP contribution in [0.2, 0.25) is 0 Å². The molecule has 0 bridgehead atoms. The molecule has 0 aliphatic heterocycles. The zero-order chi connectivity index (χ0) is 27.0. The van der Waals surface area contributed by atoms with Gasteiger partial charge in [-0.1, -0.05) is 83.1 Å². The molecule has 0 saturated heterocycles. The first-order valence-corrected chi connectivity index (χ1v) is 13.1. The molecule has 0 aliphatic rings. The Labute approximate surface area is 221 Å². The number of carbonyl (C=O) groups is 2. The van der Waals surface area contributed by atoms with Gasteiger partial charge in [-0.15, -0.1) is 0 Å². The quantitative estimate of drug-likeness (QED) is 0.267. The van der Waals surface area contributed by atoms with Crippen molar-refractivity contribution < 1.29 is 14.7 Å². The fraction of sp³-hybridized carbons (Fsp3) is 0.375. The lowest BCUT2D eigenvalue weighted by Crippen LogP contribution is -2.26. The first-order chi connectivity index (χ1) is 17.5. The van der Waals surface area contributed by atoms with Gasteiger partial charge in [0.1, 0.15) is 0 Å². The summed E-state index contributed by atoms with van der Waals surface area (Å²) >= 11 is 0. The van der Waals surface area contributed by atoms with E-state index in [9.17, 15) is 9.59 Å². The van der Waals surface area contributed by atoms with Gasteiger partial charge in [0, 0.05) is 23.8 Å². The second kappa shape index (κ2) is 12.6. The lowest BCUT2D eigenvalue weighted by molar-refractivity contribution is -0.136. The molecule has 0 aromatic heterocycles. The number of amides is 1. The van der Waals surface area contributed by atoms with E-state index in [0.717, 1.165) is 18.5 Å². The zero-order valence-corrected chi connectivity index (χ0v) is 22.7. The van der Waals surface area contributed by atoms with Crippen LogP contribution in [0, 0.1) is 5.92 Å². The molecule has 0 heterocycles. The smallest absolute Gasteiger partial charge is 0.305 e. The summed E-state index contributed by atoms with van der Waals surface area (Å²) in [4.78, 5) is 22.8. The van der Waals surface area contributed by atoms with E-state index in [4.69, 9.17) is 5.11 Å². The molecule has 3 N–H and O–H groups in total. The topological polar surface area (TPSA) is 78.4 Å². The fourth-order valence-corrected chi connectivity index (χ4v) is 4.38. The minimum Gasteiger partial charge on any atom is -0.481 e. The summed E-state index contributed by atoms with van der Waals surface area (Å²) in [6.45, 7) is 11.3. The summed E-state index contributed by atoms with van der Waals surface area (Å²) in [5, 5.41) is 15.0. The van der Waals surface area contributed by atoms with Crippen LogP contribution in [-0.4, -0.2) is 29.6 Å². The summed E-state index contributed by atoms with van der Waals surface area (Å²) in [6.07, 6.45) is 1.83. The zero-order valence-electron chi connectivity index (χ0n) is 22.7. The highest BCUT2D eigenvalue weighted by Crippen LogP contribution is 2.27. The van der Waals surface area contributed by atoms with E-state index >= 15 is 0 Å². The molecule has 196 valence electrons. The Kier molecular flexibility index (Phi) is 9.51. The maximum atomic E-state index is 12.2. The van der Waals surface area contributed by atoms with Gasteiger partial charge in [-0.05, 0) is 70.7 Å². The Bertz CT molecular complexity index is 1160. The highest BCUT2D eigenvalue weighted by atomic mass is 16.4. The minimum absolute atomic E-state index is 0.0906. The van der Waals surface area contributed by atoms with Gasteiger partial charge in [0.15, 0.2) is 0 Å². The molecule has 0 aliphatic carbocycles. The number of carbonyl (C=O) groups excluding carboxylic acids is 1. The molecule has 5 heteroatoms. The van der Waals surface area contributed by atoms with E-state index in [1.807, 2.05) is 12.1 Å². The Morgan fingerprint density at radius 1 is 0.838 bits per heavy atom. The molecule has 0 saturated carbocycles. The van der Waals surface area contributed by atoms with Gasteiger partial charge in [0.25, 0.3) is 5.91 Å². The Morgan fingerprint density at radius 3 is 1.92 bits per heavy atom. The number of carboxylic acids is 1. The van der Waals surface area contributed by atoms with Crippen molar-refractivity contribution in [2.45, 2.75) is 65.3 Å². The highest BCUT2D eigenvalue weighted by Gasteiger charge is 2.15. The van der Waals surface area contributed by atoms with Gasteiger partial charge in [-0.2, -0.15) is 0 Å². The highest BCUT2D eigenvalue weighted by molar-refractivity contribution is 5.94. The van der Waals surface area contributed by atoms with Crippen molar-refractivity contribution in [3.8, 4) is 11.1 Å². The summed E-state index contributed by atoms with van der Waals surface area (Å²) in [7, 11) is 0. The number of hydrogen-bond acceptors (Lipinski definition) is 3. The van der Waals surface area contributed by atoms with Crippen molar-refractivity contribution in [1.29, 1.82) is 0 Å². The van der Waals surface area contributed by atoms with Crippen LogP contribution in [0.4, 0.5) is 5.69 Å². The Balaban J connectivity index is 1.63. The maximum Gasteiger partial charge on any atom is 0.305 e. The van der Waals surface area contributed by atoms with Crippen molar-refractivity contribution >= 4 is 17.6 Å². The van der Waals surface area contributed by atoms with Gasteiger partial charge in [-0.25, -0.2) is 0 Å². The first-order valence-electron chi connectivity index (χ1n) is 13.1. The van der Waals surface area contributed by atoms with Crippen LogP contribution in [0.3, 0.4) is 0 Å².